The van der Waals surface area contributed by atoms with Crippen LogP contribution in [0.1, 0.15) is 29.0 Å². The van der Waals surface area contributed by atoms with Crippen molar-refractivity contribution in [1.82, 2.24) is 25.3 Å². The molecule has 4 heterocycles. The normalized spacial score (nSPS) is 21.9. The van der Waals surface area contributed by atoms with Gasteiger partial charge in [0.15, 0.2) is 0 Å². The van der Waals surface area contributed by atoms with Crippen molar-refractivity contribution in [3.8, 4) is 5.88 Å². The number of rotatable bonds is 4. The van der Waals surface area contributed by atoms with Crippen LogP contribution in [0.25, 0.3) is 0 Å². The topological polar surface area (TPSA) is 87.7 Å². The van der Waals surface area contributed by atoms with E-state index in [1.54, 1.807) is 13.2 Å². The van der Waals surface area contributed by atoms with Gasteiger partial charge in [0.05, 0.1) is 31.0 Å². The summed E-state index contributed by atoms with van der Waals surface area (Å²) in [6.07, 6.45) is 1.86. The Hall–Kier alpha value is -3.07. The van der Waals surface area contributed by atoms with E-state index < -0.39 is 17.3 Å². The molecular weight excluding hydrogens is 365 g/mol. The van der Waals surface area contributed by atoms with Crippen LogP contribution in [-0.2, 0) is 11.3 Å². The molecule has 0 radical (unpaired) electrons. The Balaban J connectivity index is 1.51. The van der Waals surface area contributed by atoms with Crippen molar-refractivity contribution in [2.24, 2.45) is 0 Å². The predicted octanol–water partition coefficient (Wildman–Crippen LogP) is 1.15. The molecule has 1 unspecified atom stereocenters. The molecule has 2 fully saturated rings. The number of aromatic nitrogens is 2. The van der Waals surface area contributed by atoms with Gasteiger partial charge in [0, 0.05) is 25.7 Å². The first-order valence-electron chi connectivity index (χ1n) is 8.97. The second-order valence-corrected chi connectivity index (χ2v) is 7.07. The van der Waals surface area contributed by atoms with Gasteiger partial charge in [0.1, 0.15) is 11.5 Å². The molecule has 0 aromatic carbocycles. The van der Waals surface area contributed by atoms with Crippen LogP contribution in [0.2, 0.25) is 0 Å². The summed E-state index contributed by atoms with van der Waals surface area (Å²) < 4.78 is 18.3. The molecule has 2 aromatic heterocycles. The lowest BCUT2D eigenvalue weighted by Crippen LogP contribution is -2.53. The molecule has 1 spiro atoms. The largest absolute Gasteiger partial charge is 0.481 e. The minimum atomic E-state index is -0.650. The van der Waals surface area contributed by atoms with Crippen molar-refractivity contribution < 1.29 is 18.7 Å². The van der Waals surface area contributed by atoms with Crippen molar-refractivity contribution in [2.45, 2.75) is 24.9 Å². The van der Waals surface area contributed by atoms with Crippen LogP contribution in [-0.4, -0.2) is 57.4 Å². The summed E-state index contributed by atoms with van der Waals surface area (Å²) in [5.74, 6) is -0.623. The SMILES string of the molecule is COc1cccc(CN2CCC3(CC(=O)NN3C(=O)c3ccc(F)cn3)C2)n1. The third kappa shape index (κ3) is 3.40. The van der Waals surface area contributed by atoms with Gasteiger partial charge in [0.25, 0.3) is 5.91 Å². The van der Waals surface area contributed by atoms with Crippen molar-refractivity contribution >= 4 is 11.8 Å². The molecule has 0 bridgehead atoms. The third-order valence-electron chi connectivity index (χ3n) is 5.14. The molecule has 0 saturated carbocycles. The van der Waals surface area contributed by atoms with E-state index in [2.05, 4.69) is 20.3 Å². The summed E-state index contributed by atoms with van der Waals surface area (Å²) in [7, 11) is 1.57. The van der Waals surface area contributed by atoms with E-state index in [4.69, 9.17) is 4.74 Å². The maximum Gasteiger partial charge on any atom is 0.291 e. The number of carbonyl (C=O) groups excluding carboxylic acids is 2. The van der Waals surface area contributed by atoms with Crippen LogP contribution >= 0.6 is 0 Å². The van der Waals surface area contributed by atoms with E-state index in [1.165, 1.54) is 17.1 Å². The average molecular weight is 385 g/mol. The Labute approximate surface area is 161 Å². The number of halogens is 1. The van der Waals surface area contributed by atoms with E-state index in [1.807, 2.05) is 12.1 Å². The summed E-state index contributed by atoms with van der Waals surface area (Å²) in [6.45, 7) is 1.83. The zero-order valence-corrected chi connectivity index (χ0v) is 15.4. The number of carbonyl (C=O) groups is 2. The molecule has 9 heteroatoms. The molecular formula is C19H20FN5O3. The number of nitrogens with zero attached hydrogens (tertiary/aromatic N) is 4. The standard InChI is InChI=1S/C19H20FN5O3/c1-28-17-4-2-3-14(22-17)11-24-8-7-19(12-24)9-16(26)23-25(19)18(27)15-6-5-13(20)10-21-15/h2-6,10H,7-9,11-12H2,1H3,(H,23,26). The minimum absolute atomic E-state index is 0.0934. The molecule has 1 atom stereocenters. The lowest BCUT2D eigenvalue weighted by Gasteiger charge is -2.33. The molecule has 2 amide bonds. The van der Waals surface area contributed by atoms with Gasteiger partial charge in [-0.1, -0.05) is 6.07 Å². The van der Waals surface area contributed by atoms with Gasteiger partial charge in [-0.3, -0.25) is 19.9 Å². The highest BCUT2D eigenvalue weighted by Gasteiger charge is 2.52. The zero-order valence-electron chi connectivity index (χ0n) is 15.4. The fourth-order valence-corrected chi connectivity index (χ4v) is 3.83. The number of likely N-dealkylation sites (tertiary alicyclic amines) is 1. The third-order valence-corrected chi connectivity index (χ3v) is 5.14. The number of ether oxygens (including phenoxy) is 1. The molecule has 2 aliphatic heterocycles. The number of nitrogens with one attached hydrogen (secondary N) is 1. The molecule has 28 heavy (non-hydrogen) atoms. The van der Waals surface area contributed by atoms with Crippen LogP contribution < -0.4 is 10.2 Å². The number of hydrogen-bond acceptors (Lipinski definition) is 6. The van der Waals surface area contributed by atoms with Crippen LogP contribution in [0.5, 0.6) is 5.88 Å². The average Bonchev–Trinajstić information content (AvgIpc) is 3.24. The molecule has 2 saturated heterocycles. The Morgan fingerprint density at radius 2 is 2.21 bits per heavy atom. The highest BCUT2D eigenvalue weighted by atomic mass is 19.1. The zero-order chi connectivity index (χ0) is 19.7. The maximum absolute atomic E-state index is 13.1. The Kier molecular flexibility index (Phi) is 4.68. The number of hydrogen-bond donors (Lipinski definition) is 1. The van der Waals surface area contributed by atoms with E-state index in [9.17, 15) is 14.0 Å². The highest BCUT2D eigenvalue weighted by Crippen LogP contribution is 2.35. The fraction of sp³-hybridized carbons (Fsp3) is 0.368. The highest BCUT2D eigenvalue weighted by molar-refractivity contribution is 5.96. The van der Waals surface area contributed by atoms with Gasteiger partial charge in [-0.15, -0.1) is 0 Å². The van der Waals surface area contributed by atoms with E-state index >= 15 is 0 Å². The molecule has 2 aromatic rings. The van der Waals surface area contributed by atoms with Gasteiger partial charge in [0.2, 0.25) is 11.8 Å². The lowest BCUT2D eigenvalue weighted by atomic mass is 9.94. The Morgan fingerprint density at radius 1 is 1.36 bits per heavy atom. The molecule has 1 N–H and O–H groups in total. The minimum Gasteiger partial charge on any atom is -0.481 e. The van der Waals surface area contributed by atoms with E-state index in [0.717, 1.165) is 11.9 Å². The smallest absolute Gasteiger partial charge is 0.291 e. The lowest BCUT2D eigenvalue weighted by molar-refractivity contribution is -0.120. The molecule has 8 nitrogen and oxygen atoms in total. The molecule has 2 aliphatic rings. The first-order chi connectivity index (χ1) is 13.5. The Bertz CT molecular complexity index is 907. The van der Waals surface area contributed by atoms with Crippen molar-refractivity contribution in [2.75, 3.05) is 20.2 Å². The van der Waals surface area contributed by atoms with Gasteiger partial charge in [-0.2, -0.15) is 0 Å². The number of methoxy groups -OCH3 is 1. The van der Waals surface area contributed by atoms with Crippen molar-refractivity contribution in [1.29, 1.82) is 0 Å². The number of amides is 2. The second kappa shape index (κ2) is 7.16. The van der Waals surface area contributed by atoms with Crippen LogP contribution in [0, 0.1) is 5.82 Å². The van der Waals surface area contributed by atoms with Gasteiger partial charge in [-0.25, -0.2) is 19.4 Å². The fourth-order valence-electron chi connectivity index (χ4n) is 3.83. The monoisotopic (exact) mass is 385 g/mol. The first kappa shape index (κ1) is 18.3. The predicted molar refractivity (Wildman–Crippen MR) is 96.5 cm³/mol. The quantitative estimate of drug-likeness (QED) is 0.850. The summed E-state index contributed by atoms with van der Waals surface area (Å²) in [5.41, 5.74) is 2.95. The Morgan fingerprint density at radius 3 is 2.96 bits per heavy atom. The van der Waals surface area contributed by atoms with Crippen molar-refractivity contribution in [3.63, 3.8) is 0 Å². The van der Waals surface area contributed by atoms with E-state index in [0.29, 0.717) is 31.9 Å². The number of hydrazine groups is 1. The number of pyridine rings is 2. The summed E-state index contributed by atoms with van der Waals surface area (Å²) in [6, 6.07) is 8.08. The van der Waals surface area contributed by atoms with Crippen LogP contribution in [0.15, 0.2) is 36.5 Å². The van der Waals surface area contributed by atoms with Gasteiger partial charge >= 0.3 is 0 Å². The molecule has 146 valence electrons. The molecule has 0 aliphatic carbocycles. The van der Waals surface area contributed by atoms with Gasteiger partial charge in [-0.05, 0) is 24.6 Å². The van der Waals surface area contributed by atoms with Crippen LogP contribution in [0.4, 0.5) is 4.39 Å². The second-order valence-electron chi connectivity index (χ2n) is 7.07. The first-order valence-corrected chi connectivity index (χ1v) is 8.97. The summed E-state index contributed by atoms with van der Waals surface area (Å²) >= 11 is 0. The molecule has 4 rings (SSSR count). The summed E-state index contributed by atoms with van der Waals surface area (Å²) in [5, 5.41) is 1.37. The van der Waals surface area contributed by atoms with Crippen molar-refractivity contribution in [3.05, 3.63) is 53.7 Å². The maximum atomic E-state index is 13.1. The van der Waals surface area contributed by atoms with Crippen LogP contribution in [0.3, 0.4) is 0 Å². The van der Waals surface area contributed by atoms with Gasteiger partial charge < -0.3 is 4.74 Å². The summed E-state index contributed by atoms with van der Waals surface area (Å²) in [4.78, 5) is 35.4. The van der Waals surface area contributed by atoms with E-state index in [-0.39, 0.29) is 18.0 Å².